The molecule has 0 aliphatic carbocycles. The predicted octanol–water partition coefficient (Wildman–Crippen LogP) is 1.92. The van der Waals surface area contributed by atoms with E-state index >= 15 is 0 Å². The lowest BCUT2D eigenvalue weighted by molar-refractivity contribution is 0.426. The van der Waals surface area contributed by atoms with Crippen molar-refractivity contribution in [1.29, 1.82) is 0 Å². The number of rotatable bonds is 2. The number of nitrogens with zero attached hydrogens (tertiary/aromatic N) is 1. The van der Waals surface area contributed by atoms with E-state index in [9.17, 15) is 4.39 Å². The lowest BCUT2D eigenvalue weighted by Gasteiger charge is -2.01. The van der Waals surface area contributed by atoms with Gasteiger partial charge >= 0.3 is 0 Å². The third kappa shape index (κ3) is 1.66. The molecule has 0 saturated heterocycles. The number of nitrogens with one attached hydrogen (secondary N) is 1. The Kier molecular flexibility index (Phi) is 2.06. The Balaban J connectivity index is 2.23. The zero-order valence-corrected chi connectivity index (χ0v) is 7.20. The number of hydrogen-bond donors (Lipinski definition) is 2. The van der Waals surface area contributed by atoms with E-state index in [1.807, 2.05) is 0 Å². The number of anilines is 1. The van der Waals surface area contributed by atoms with Crippen LogP contribution < -0.4 is 10.5 Å². The van der Waals surface area contributed by atoms with Gasteiger partial charge in [0.05, 0.1) is 0 Å². The van der Waals surface area contributed by atoms with Crippen LogP contribution in [0.3, 0.4) is 0 Å². The first-order valence-electron chi connectivity index (χ1n) is 3.99. The van der Waals surface area contributed by atoms with Crippen molar-refractivity contribution < 1.29 is 9.13 Å². The lowest BCUT2D eigenvalue weighted by atomic mass is 10.3. The minimum absolute atomic E-state index is 0.124. The topological polar surface area (TPSA) is 63.9 Å². The number of para-hydroxylation sites is 1. The van der Waals surface area contributed by atoms with Crippen LogP contribution in [0, 0.1) is 5.82 Å². The highest BCUT2D eigenvalue weighted by molar-refractivity contribution is 5.35. The third-order valence-electron chi connectivity index (χ3n) is 1.63. The summed E-state index contributed by atoms with van der Waals surface area (Å²) in [4.78, 5) is 0. The van der Waals surface area contributed by atoms with Crippen LogP contribution in [0.1, 0.15) is 0 Å². The molecule has 0 saturated carbocycles. The summed E-state index contributed by atoms with van der Waals surface area (Å²) < 4.78 is 18.2. The smallest absolute Gasteiger partial charge is 0.240 e. The van der Waals surface area contributed by atoms with Crippen molar-refractivity contribution >= 4 is 5.82 Å². The molecule has 1 aromatic carbocycles. The van der Waals surface area contributed by atoms with E-state index in [4.69, 9.17) is 10.5 Å². The number of halogens is 1. The maximum absolute atomic E-state index is 13.1. The lowest BCUT2D eigenvalue weighted by Crippen LogP contribution is -1.87. The van der Waals surface area contributed by atoms with Gasteiger partial charge in [-0.05, 0) is 12.1 Å². The second kappa shape index (κ2) is 3.37. The average molecular weight is 193 g/mol. The highest BCUT2D eigenvalue weighted by Gasteiger charge is 2.05. The van der Waals surface area contributed by atoms with Gasteiger partial charge in [-0.15, -0.1) is 5.10 Å². The van der Waals surface area contributed by atoms with E-state index in [1.54, 1.807) is 12.1 Å². The minimum Gasteiger partial charge on any atom is -0.434 e. The number of ether oxygens (including phenoxy) is 1. The SMILES string of the molecule is Nc1cc(Oc2ccccc2F)n[nH]1. The van der Waals surface area contributed by atoms with Crippen LogP contribution in [-0.2, 0) is 0 Å². The summed E-state index contributed by atoms with van der Waals surface area (Å²) in [6.07, 6.45) is 0. The summed E-state index contributed by atoms with van der Waals surface area (Å²) in [7, 11) is 0. The third-order valence-corrected chi connectivity index (χ3v) is 1.63. The Morgan fingerprint density at radius 2 is 2.14 bits per heavy atom. The number of H-pyrrole nitrogens is 1. The number of nitrogens with two attached hydrogens (primary N) is 1. The summed E-state index contributed by atoms with van der Waals surface area (Å²) in [6, 6.07) is 7.56. The standard InChI is InChI=1S/C9H8FN3O/c10-6-3-1-2-4-7(6)14-9-5-8(11)12-13-9/h1-5H,(H3,11,12,13). The van der Waals surface area contributed by atoms with Gasteiger partial charge in [-0.25, -0.2) is 4.39 Å². The van der Waals surface area contributed by atoms with Gasteiger partial charge in [-0.2, -0.15) is 0 Å². The molecule has 0 unspecified atom stereocenters. The van der Waals surface area contributed by atoms with Crippen LogP contribution in [0.5, 0.6) is 11.6 Å². The molecule has 0 spiro atoms. The summed E-state index contributed by atoms with van der Waals surface area (Å²) >= 11 is 0. The van der Waals surface area contributed by atoms with Crippen molar-refractivity contribution in [3.63, 3.8) is 0 Å². The van der Waals surface area contributed by atoms with Crippen LogP contribution in [0.2, 0.25) is 0 Å². The molecule has 5 heteroatoms. The quantitative estimate of drug-likeness (QED) is 0.765. The predicted molar refractivity (Wildman–Crippen MR) is 49.5 cm³/mol. The molecule has 1 aromatic heterocycles. The van der Waals surface area contributed by atoms with Crippen molar-refractivity contribution in [2.24, 2.45) is 0 Å². The van der Waals surface area contributed by atoms with E-state index in [0.717, 1.165) is 0 Å². The molecule has 0 aliphatic rings. The highest BCUT2D eigenvalue weighted by Crippen LogP contribution is 2.22. The fourth-order valence-electron chi connectivity index (χ4n) is 1.01. The molecule has 3 N–H and O–H groups in total. The number of aromatic amines is 1. The molecule has 0 bridgehead atoms. The van der Waals surface area contributed by atoms with Crippen molar-refractivity contribution in [3.05, 3.63) is 36.1 Å². The first kappa shape index (κ1) is 8.55. The van der Waals surface area contributed by atoms with Crippen molar-refractivity contribution in [2.75, 3.05) is 5.73 Å². The molecule has 0 atom stereocenters. The Labute approximate surface area is 79.5 Å². The van der Waals surface area contributed by atoms with Gasteiger partial charge in [-0.1, -0.05) is 12.1 Å². The second-order valence-corrected chi connectivity index (χ2v) is 2.69. The maximum atomic E-state index is 13.1. The van der Waals surface area contributed by atoms with Gasteiger partial charge in [-0.3, -0.25) is 5.10 Å². The van der Waals surface area contributed by atoms with Gasteiger partial charge in [0.2, 0.25) is 5.88 Å². The van der Waals surface area contributed by atoms with Gasteiger partial charge in [0.25, 0.3) is 0 Å². The van der Waals surface area contributed by atoms with Crippen molar-refractivity contribution in [1.82, 2.24) is 10.2 Å². The average Bonchev–Trinajstić information content (AvgIpc) is 2.56. The Morgan fingerprint density at radius 3 is 2.79 bits per heavy atom. The molecular formula is C9H8FN3O. The van der Waals surface area contributed by atoms with E-state index < -0.39 is 5.82 Å². The van der Waals surface area contributed by atoms with Crippen LogP contribution in [-0.4, -0.2) is 10.2 Å². The number of aromatic nitrogens is 2. The van der Waals surface area contributed by atoms with Crippen molar-refractivity contribution in [3.8, 4) is 11.6 Å². The first-order valence-corrected chi connectivity index (χ1v) is 3.99. The normalized spacial score (nSPS) is 10.1. The Morgan fingerprint density at radius 1 is 1.36 bits per heavy atom. The summed E-state index contributed by atoms with van der Waals surface area (Å²) in [6.45, 7) is 0. The van der Waals surface area contributed by atoms with Gasteiger partial charge in [0, 0.05) is 6.07 Å². The minimum atomic E-state index is -0.436. The van der Waals surface area contributed by atoms with Crippen LogP contribution in [0.15, 0.2) is 30.3 Å². The molecule has 0 amide bonds. The van der Waals surface area contributed by atoms with E-state index in [-0.39, 0.29) is 11.6 Å². The molecule has 14 heavy (non-hydrogen) atoms. The van der Waals surface area contributed by atoms with Gasteiger partial charge in [0.15, 0.2) is 11.6 Å². The van der Waals surface area contributed by atoms with Crippen LogP contribution in [0.25, 0.3) is 0 Å². The Bertz CT molecular complexity index is 441. The molecule has 72 valence electrons. The molecule has 4 nitrogen and oxygen atoms in total. The van der Waals surface area contributed by atoms with E-state index in [1.165, 1.54) is 18.2 Å². The van der Waals surface area contributed by atoms with Crippen molar-refractivity contribution in [2.45, 2.75) is 0 Å². The molecular weight excluding hydrogens is 185 g/mol. The fraction of sp³-hybridized carbons (Fsp3) is 0. The van der Waals surface area contributed by atoms with E-state index in [2.05, 4.69) is 10.2 Å². The molecule has 0 aliphatic heterocycles. The largest absolute Gasteiger partial charge is 0.434 e. The second-order valence-electron chi connectivity index (χ2n) is 2.69. The molecule has 2 aromatic rings. The zero-order valence-electron chi connectivity index (χ0n) is 7.20. The first-order chi connectivity index (χ1) is 6.75. The molecule has 0 fully saturated rings. The number of benzene rings is 1. The molecule has 2 rings (SSSR count). The Hall–Kier alpha value is -2.04. The maximum Gasteiger partial charge on any atom is 0.240 e. The number of hydrogen-bond acceptors (Lipinski definition) is 3. The number of nitrogen functional groups attached to an aromatic ring is 1. The fourth-order valence-corrected chi connectivity index (χ4v) is 1.01. The van der Waals surface area contributed by atoms with Gasteiger partial charge in [0.1, 0.15) is 5.82 Å². The monoisotopic (exact) mass is 193 g/mol. The molecule has 0 radical (unpaired) electrons. The van der Waals surface area contributed by atoms with Gasteiger partial charge < -0.3 is 10.5 Å². The summed E-state index contributed by atoms with van der Waals surface area (Å²) in [5.74, 6) is 0.303. The highest BCUT2D eigenvalue weighted by atomic mass is 19.1. The van der Waals surface area contributed by atoms with E-state index in [0.29, 0.717) is 5.82 Å². The summed E-state index contributed by atoms with van der Waals surface area (Å²) in [5, 5.41) is 6.20. The molecule has 1 heterocycles. The van der Waals surface area contributed by atoms with Crippen LogP contribution >= 0.6 is 0 Å². The zero-order chi connectivity index (χ0) is 9.97. The van der Waals surface area contributed by atoms with Crippen LogP contribution in [0.4, 0.5) is 10.2 Å². The summed E-state index contributed by atoms with van der Waals surface area (Å²) in [5.41, 5.74) is 5.38.